The molecule has 1 fully saturated rings. The van der Waals surface area contributed by atoms with E-state index in [2.05, 4.69) is 57.5 Å². The van der Waals surface area contributed by atoms with E-state index >= 15 is 0 Å². The van der Waals surface area contributed by atoms with Gasteiger partial charge in [-0.2, -0.15) is 0 Å². The Kier molecular flexibility index (Phi) is 22.9. The van der Waals surface area contributed by atoms with Crippen molar-refractivity contribution in [3.63, 3.8) is 0 Å². The first kappa shape index (κ1) is 57.3. The molecule has 0 radical (unpaired) electrons. The maximum absolute atomic E-state index is 14.5. The summed E-state index contributed by atoms with van der Waals surface area (Å²) in [5.74, 6) is -7.45. The van der Waals surface area contributed by atoms with Gasteiger partial charge in [0.1, 0.15) is 42.3 Å². The van der Waals surface area contributed by atoms with Gasteiger partial charge in [-0.3, -0.25) is 53.1 Å². The van der Waals surface area contributed by atoms with E-state index in [-0.39, 0.29) is 108 Å². The third-order valence-corrected chi connectivity index (χ3v) is 11.7. The van der Waals surface area contributed by atoms with Gasteiger partial charge in [0.2, 0.25) is 53.2 Å². The Morgan fingerprint density at radius 1 is 0.712 bits per heavy atom. The van der Waals surface area contributed by atoms with Crippen LogP contribution in [0, 0.1) is 0 Å². The smallest absolute Gasteiger partial charge is 0.247 e. The second kappa shape index (κ2) is 29.1. The molecular formula is C47H69N17O9. The quantitative estimate of drug-likeness (QED) is 0.0350. The summed E-state index contributed by atoms with van der Waals surface area (Å²) in [5.41, 5.74) is 35.3. The third-order valence-electron chi connectivity index (χ3n) is 11.7. The Labute approximate surface area is 421 Å². The van der Waals surface area contributed by atoms with E-state index in [4.69, 9.17) is 34.4 Å². The Balaban J connectivity index is 1.75. The fourth-order valence-electron chi connectivity index (χ4n) is 7.94. The predicted molar refractivity (Wildman–Crippen MR) is 271 cm³/mol. The van der Waals surface area contributed by atoms with Gasteiger partial charge < -0.3 is 81.9 Å². The van der Waals surface area contributed by atoms with Gasteiger partial charge in [0, 0.05) is 56.5 Å². The van der Waals surface area contributed by atoms with Crippen molar-refractivity contribution in [1.29, 1.82) is 0 Å². The summed E-state index contributed by atoms with van der Waals surface area (Å²) in [7, 11) is 0. The van der Waals surface area contributed by atoms with E-state index in [0.717, 1.165) is 10.9 Å². The zero-order valence-corrected chi connectivity index (χ0v) is 40.7. The zero-order chi connectivity index (χ0) is 53.5. The molecule has 1 unspecified atom stereocenters. The Hall–Kier alpha value is -8.29. The monoisotopic (exact) mass is 1020 g/mol. The Bertz CT molecular complexity index is 2460. The van der Waals surface area contributed by atoms with E-state index in [0.29, 0.717) is 5.56 Å². The summed E-state index contributed by atoms with van der Waals surface area (Å²) in [6.07, 6.45) is 1.26. The Morgan fingerprint density at radius 2 is 1.33 bits per heavy atom. The number of nitrogens with two attached hydrogens (primary N) is 6. The molecule has 73 heavy (non-hydrogen) atoms. The average molecular weight is 1020 g/mol. The molecular weight excluding hydrogens is 947 g/mol. The molecule has 26 heteroatoms. The van der Waals surface area contributed by atoms with Crippen molar-refractivity contribution < 1.29 is 43.2 Å². The first-order chi connectivity index (χ1) is 34.9. The minimum absolute atomic E-state index is 0.0137. The fourth-order valence-corrected chi connectivity index (χ4v) is 7.94. The van der Waals surface area contributed by atoms with Gasteiger partial charge in [0.05, 0.1) is 0 Å². The lowest BCUT2D eigenvalue weighted by atomic mass is 10.0. The van der Waals surface area contributed by atoms with Crippen molar-refractivity contribution in [1.82, 2.24) is 47.5 Å². The molecule has 4 rings (SSSR count). The van der Waals surface area contributed by atoms with Crippen molar-refractivity contribution in [3.05, 3.63) is 71.9 Å². The number of aromatic nitrogens is 1. The molecule has 26 nitrogen and oxygen atoms in total. The molecule has 1 aliphatic heterocycles. The van der Waals surface area contributed by atoms with Crippen molar-refractivity contribution in [2.24, 2.45) is 44.4 Å². The molecule has 396 valence electrons. The topological polar surface area (TPSA) is 446 Å². The summed E-state index contributed by atoms with van der Waals surface area (Å²) >= 11 is 0. The molecule has 0 aliphatic carbocycles. The highest BCUT2D eigenvalue weighted by atomic mass is 16.2. The van der Waals surface area contributed by atoms with Gasteiger partial charge in [-0.25, -0.2) is 0 Å². The van der Waals surface area contributed by atoms with Crippen molar-refractivity contribution in [2.75, 3.05) is 26.2 Å². The highest BCUT2D eigenvalue weighted by Gasteiger charge is 2.35. The van der Waals surface area contributed by atoms with Crippen LogP contribution in [-0.4, -0.2) is 132 Å². The number of primary amides is 1. The molecule has 3 aromatic rings. The van der Waals surface area contributed by atoms with Crippen LogP contribution in [0.15, 0.2) is 70.8 Å². The summed E-state index contributed by atoms with van der Waals surface area (Å²) in [5, 5.41) is 22.0. The van der Waals surface area contributed by atoms with E-state index in [1.54, 1.807) is 42.6 Å². The molecule has 0 saturated carbocycles. The fraction of sp³-hybridized carbons (Fsp3) is 0.468. The van der Waals surface area contributed by atoms with Crippen LogP contribution in [0.25, 0.3) is 10.9 Å². The minimum atomic E-state index is -1.50. The summed E-state index contributed by atoms with van der Waals surface area (Å²) in [4.78, 5) is 135. The molecule has 2 heterocycles. The molecule has 7 atom stereocenters. The van der Waals surface area contributed by atoms with E-state index in [1.807, 2.05) is 18.2 Å². The number of amides is 9. The van der Waals surface area contributed by atoms with Crippen LogP contribution >= 0.6 is 0 Å². The summed E-state index contributed by atoms with van der Waals surface area (Å²) < 4.78 is 0. The predicted octanol–water partition coefficient (Wildman–Crippen LogP) is -3.87. The number of para-hydroxylation sites is 1. The standard InChI is InChI=1S/C47H69N17O9/c1-26(65)58-32(15-8-22-55-46(50)51)40(68)60-34-17-18-37(66)54-21-7-14-31(39(49)67)59-44(72)36(24-28-25-57-30-13-6-5-12-29(28)30)63-41(69)33(16-9-23-56-47(52)53)62-45(73)38(27-10-3-2-4-11-27)64-43(71)35(19-20-48)61-42(34)70/h2-6,10-13,25,31-36,38,57H,7-9,14-24,48H2,1H3,(H2,49,67)(H,54,66)(H,58,65)(H,59,72)(H,60,68)(H,61,70)(H,62,73)(H,63,69)(H,64,71)(H4,50,51,55)(H4,52,53,56)/t31-,32-,33-,34-,35-,36-,38?/m0/s1. The first-order valence-corrected chi connectivity index (χ1v) is 23.9. The van der Waals surface area contributed by atoms with Crippen LogP contribution in [0.1, 0.15) is 81.9 Å². The summed E-state index contributed by atoms with van der Waals surface area (Å²) in [6.45, 7) is 1.22. The maximum atomic E-state index is 14.5. The van der Waals surface area contributed by atoms with E-state index < -0.39 is 95.5 Å². The van der Waals surface area contributed by atoms with Crippen molar-refractivity contribution >= 4 is 76.0 Å². The molecule has 0 bridgehead atoms. The molecule has 2 aromatic carbocycles. The van der Waals surface area contributed by atoms with Gasteiger partial charge in [-0.15, -0.1) is 0 Å². The van der Waals surface area contributed by atoms with Gasteiger partial charge in [0.25, 0.3) is 0 Å². The van der Waals surface area contributed by atoms with Crippen LogP contribution in [0.5, 0.6) is 0 Å². The second-order valence-electron chi connectivity index (χ2n) is 17.4. The van der Waals surface area contributed by atoms with E-state index in [9.17, 15) is 43.2 Å². The lowest BCUT2D eigenvalue weighted by molar-refractivity contribution is -0.136. The minimum Gasteiger partial charge on any atom is -0.370 e. The maximum Gasteiger partial charge on any atom is 0.247 e. The highest BCUT2D eigenvalue weighted by Crippen LogP contribution is 2.20. The lowest BCUT2D eigenvalue weighted by Gasteiger charge is -2.28. The molecule has 1 aliphatic rings. The summed E-state index contributed by atoms with van der Waals surface area (Å²) in [6, 6.07) is 5.75. The number of nitrogens with zero attached hydrogens (tertiary/aromatic N) is 2. The number of fused-ring (bicyclic) bond motifs is 1. The molecule has 1 saturated heterocycles. The van der Waals surface area contributed by atoms with Crippen molar-refractivity contribution in [2.45, 2.75) is 113 Å². The number of aliphatic imine (C=N–C) groups is 2. The van der Waals surface area contributed by atoms with Gasteiger partial charge in [-0.05, 0) is 75.1 Å². The molecule has 21 N–H and O–H groups in total. The van der Waals surface area contributed by atoms with Gasteiger partial charge in [-0.1, -0.05) is 48.5 Å². The number of carbonyl (C=O) groups excluding carboxylic acids is 9. The van der Waals surface area contributed by atoms with Crippen LogP contribution < -0.4 is 76.9 Å². The number of benzene rings is 2. The van der Waals surface area contributed by atoms with Crippen LogP contribution in [0.4, 0.5) is 0 Å². The first-order valence-electron chi connectivity index (χ1n) is 23.9. The number of hydrogen-bond donors (Lipinski definition) is 15. The van der Waals surface area contributed by atoms with Gasteiger partial charge >= 0.3 is 0 Å². The van der Waals surface area contributed by atoms with Gasteiger partial charge in [0.15, 0.2) is 11.9 Å². The van der Waals surface area contributed by atoms with E-state index in [1.165, 1.54) is 6.92 Å². The Morgan fingerprint density at radius 3 is 2.00 bits per heavy atom. The molecule has 9 amide bonds. The number of nitrogens with one attached hydrogen (secondary N) is 9. The third kappa shape index (κ3) is 19.1. The lowest BCUT2D eigenvalue weighted by Crippen LogP contribution is -2.59. The largest absolute Gasteiger partial charge is 0.370 e. The number of carbonyl (C=O) groups is 9. The number of aromatic amines is 1. The van der Waals surface area contributed by atoms with Crippen LogP contribution in [0.2, 0.25) is 0 Å². The molecule has 0 spiro atoms. The average Bonchev–Trinajstić information content (AvgIpc) is 3.76. The highest BCUT2D eigenvalue weighted by molar-refractivity contribution is 5.98. The normalized spacial score (nSPS) is 21.3. The number of hydrogen-bond acceptors (Lipinski definition) is 12. The molecule has 1 aromatic heterocycles. The van der Waals surface area contributed by atoms with Crippen LogP contribution in [0.3, 0.4) is 0 Å². The van der Waals surface area contributed by atoms with Crippen LogP contribution in [-0.2, 0) is 49.6 Å². The number of guanidine groups is 2. The van der Waals surface area contributed by atoms with Crippen molar-refractivity contribution in [3.8, 4) is 0 Å². The number of H-pyrrole nitrogens is 1. The number of rotatable bonds is 17. The second-order valence-corrected chi connectivity index (χ2v) is 17.4. The SMILES string of the molecule is CC(=O)N[C@@H](CCCN=C(N)N)C(=O)N[C@H]1CCC(=O)NCCC[C@@H](C(N)=O)NC(=O)[C@H](Cc2c[nH]c3ccccc23)NC(=O)[C@H](CCCN=C(N)N)NC(=O)C(c2ccccc2)NC(=O)[C@H](CCN)NC1=O. The zero-order valence-electron chi connectivity index (χ0n) is 40.7.